The maximum absolute atomic E-state index is 3.74. The molecule has 2 fully saturated rings. The Morgan fingerprint density at radius 1 is 1.26 bits per heavy atom. The van der Waals surface area contributed by atoms with Crippen LogP contribution in [0, 0.1) is 5.92 Å². The van der Waals surface area contributed by atoms with Crippen LogP contribution in [0.15, 0.2) is 17.5 Å². The molecule has 0 aliphatic carbocycles. The molecule has 2 unspecified atom stereocenters. The summed E-state index contributed by atoms with van der Waals surface area (Å²) in [6.07, 6.45) is 8.32. The zero-order valence-corrected chi connectivity index (χ0v) is 12.8. The van der Waals surface area contributed by atoms with Gasteiger partial charge in [0.15, 0.2) is 0 Å². The SMILES string of the molecule is CN(CCc1cccs1)CCC1CC2CCC(C1)N2. The van der Waals surface area contributed by atoms with E-state index in [4.69, 9.17) is 0 Å². The first-order chi connectivity index (χ1) is 9.29. The summed E-state index contributed by atoms with van der Waals surface area (Å²) in [7, 11) is 2.28. The third-order valence-electron chi connectivity index (χ3n) is 4.81. The minimum absolute atomic E-state index is 0.847. The van der Waals surface area contributed by atoms with Crippen LogP contribution in [0.4, 0.5) is 0 Å². The first-order valence-corrected chi connectivity index (χ1v) is 8.64. The maximum atomic E-state index is 3.74. The standard InChI is InChI=1S/C16H26N2S/c1-18(9-7-16-3-2-10-19-16)8-6-13-11-14-4-5-15(12-13)17-14/h2-3,10,13-15,17H,4-9,11-12H2,1H3. The molecule has 3 heteroatoms. The van der Waals surface area contributed by atoms with Crippen LogP contribution < -0.4 is 5.32 Å². The number of nitrogens with zero attached hydrogens (tertiary/aromatic N) is 1. The molecule has 19 heavy (non-hydrogen) atoms. The van der Waals surface area contributed by atoms with Crippen molar-refractivity contribution in [3.8, 4) is 0 Å². The Morgan fingerprint density at radius 3 is 2.74 bits per heavy atom. The molecule has 3 heterocycles. The number of rotatable bonds is 6. The molecule has 2 nitrogen and oxygen atoms in total. The van der Waals surface area contributed by atoms with Crippen molar-refractivity contribution in [3.63, 3.8) is 0 Å². The average Bonchev–Trinajstić information content (AvgIpc) is 3.04. The van der Waals surface area contributed by atoms with E-state index in [1.54, 1.807) is 0 Å². The predicted octanol–water partition coefficient (Wildman–Crippen LogP) is 3.14. The van der Waals surface area contributed by atoms with E-state index >= 15 is 0 Å². The summed E-state index contributed by atoms with van der Waals surface area (Å²) < 4.78 is 0. The molecule has 0 aromatic carbocycles. The van der Waals surface area contributed by atoms with Crippen LogP contribution in [0.25, 0.3) is 0 Å². The lowest BCUT2D eigenvalue weighted by molar-refractivity contribution is 0.243. The van der Waals surface area contributed by atoms with E-state index < -0.39 is 0 Å². The zero-order chi connectivity index (χ0) is 13.1. The van der Waals surface area contributed by atoms with Crippen LogP contribution in [-0.2, 0) is 6.42 Å². The molecule has 0 radical (unpaired) electrons. The highest BCUT2D eigenvalue weighted by molar-refractivity contribution is 7.09. The molecule has 2 bridgehead atoms. The third-order valence-corrected chi connectivity index (χ3v) is 5.75. The van der Waals surface area contributed by atoms with Gasteiger partial charge >= 0.3 is 0 Å². The summed E-state index contributed by atoms with van der Waals surface area (Å²) in [6.45, 7) is 2.48. The van der Waals surface area contributed by atoms with Gasteiger partial charge in [-0.3, -0.25) is 0 Å². The van der Waals surface area contributed by atoms with Gasteiger partial charge in [0.25, 0.3) is 0 Å². The van der Waals surface area contributed by atoms with Gasteiger partial charge in [-0.1, -0.05) is 6.07 Å². The van der Waals surface area contributed by atoms with Crippen molar-refractivity contribution in [1.29, 1.82) is 0 Å². The van der Waals surface area contributed by atoms with Gasteiger partial charge in [-0.2, -0.15) is 0 Å². The van der Waals surface area contributed by atoms with Crippen molar-refractivity contribution in [2.75, 3.05) is 20.1 Å². The van der Waals surface area contributed by atoms with Crippen LogP contribution in [0.3, 0.4) is 0 Å². The lowest BCUT2D eigenvalue weighted by Gasteiger charge is -2.30. The van der Waals surface area contributed by atoms with E-state index in [0.717, 1.165) is 18.0 Å². The molecular weight excluding hydrogens is 252 g/mol. The van der Waals surface area contributed by atoms with Crippen LogP contribution in [0.5, 0.6) is 0 Å². The molecule has 2 atom stereocenters. The highest BCUT2D eigenvalue weighted by atomic mass is 32.1. The number of fused-ring (bicyclic) bond motifs is 2. The molecule has 1 aromatic rings. The second-order valence-electron chi connectivity index (χ2n) is 6.40. The fourth-order valence-corrected chi connectivity index (χ4v) is 4.38. The van der Waals surface area contributed by atoms with Crippen LogP contribution >= 0.6 is 11.3 Å². The Kier molecular flexibility index (Phi) is 4.57. The normalized spacial score (nSPS) is 30.1. The van der Waals surface area contributed by atoms with E-state index in [9.17, 15) is 0 Å². The monoisotopic (exact) mass is 278 g/mol. The Balaban J connectivity index is 1.35. The maximum Gasteiger partial charge on any atom is 0.00728 e. The van der Waals surface area contributed by atoms with E-state index in [-0.39, 0.29) is 0 Å². The number of nitrogens with one attached hydrogen (secondary N) is 1. The molecule has 0 saturated carbocycles. The van der Waals surface area contributed by atoms with Gasteiger partial charge in [0.1, 0.15) is 0 Å². The fraction of sp³-hybridized carbons (Fsp3) is 0.750. The number of hydrogen-bond donors (Lipinski definition) is 1. The van der Waals surface area contributed by atoms with Crippen molar-refractivity contribution in [2.24, 2.45) is 5.92 Å². The van der Waals surface area contributed by atoms with E-state index in [0.29, 0.717) is 0 Å². The summed E-state index contributed by atoms with van der Waals surface area (Å²) in [5.74, 6) is 0.975. The summed E-state index contributed by atoms with van der Waals surface area (Å²) >= 11 is 1.88. The van der Waals surface area contributed by atoms with Gasteiger partial charge in [0.05, 0.1) is 0 Å². The van der Waals surface area contributed by atoms with Crippen LogP contribution in [0.2, 0.25) is 0 Å². The summed E-state index contributed by atoms with van der Waals surface area (Å²) in [4.78, 5) is 4.04. The molecule has 2 aliphatic rings. The summed E-state index contributed by atoms with van der Waals surface area (Å²) in [6, 6.07) is 6.11. The smallest absolute Gasteiger partial charge is 0.00728 e. The molecule has 106 valence electrons. The third kappa shape index (κ3) is 3.80. The zero-order valence-electron chi connectivity index (χ0n) is 12.0. The number of hydrogen-bond acceptors (Lipinski definition) is 3. The molecule has 2 saturated heterocycles. The second kappa shape index (κ2) is 6.38. The fourth-order valence-electron chi connectivity index (χ4n) is 3.68. The van der Waals surface area contributed by atoms with E-state index in [2.05, 4.69) is 34.8 Å². The summed E-state index contributed by atoms with van der Waals surface area (Å²) in [5, 5.41) is 5.92. The first kappa shape index (κ1) is 13.6. The lowest BCUT2D eigenvalue weighted by Crippen LogP contribution is -2.39. The Bertz CT molecular complexity index is 364. The lowest BCUT2D eigenvalue weighted by atomic mass is 9.89. The first-order valence-electron chi connectivity index (χ1n) is 7.76. The Morgan fingerprint density at radius 2 is 2.05 bits per heavy atom. The predicted molar refractivity (Wildman–Crippen MR) is 82.8 cm³/mol. The van der Waals surface area contributed by atoms with Crippen molar-refractivity contribution in [1.82, 2.24) is 10.2 Å². The minimum atomic E-state index is 0.847. The van der Waals surface area contributed by atoms with Gasteiger partial charge < -0.3 is 10.2 Å². The van der Waals surface area contributed by atoms with Crippen molar-refractivity contribution >= 4 is 11.3 Å². The number of likely N-dealkylation sites (N-methyl/N-ethyl adjacent to an activating group) is 1. The second-order valence-corrected chi connectivity index (χ2v) is 7.43. The Labute approximate surface area is 121 Å². The highest BCUT2D eigenvalue weighted by Crippen LogP contribution is 2.32. The van der Waals surface area contributed by atoms with Crippen molar-refractivity contribution < 1.29 is 0 Å². The van der Waals surface area contributed by atoms with Gasteiger partial charge in [0.2, 0.25) is 0 Å². The van der Waals surface area contributed by atoms with Gasteiger partial charge in [-0.25, -0.2) is 0 Å². The van der Waals surface area contributed by atoms with Gasteiger partial charge in [-0.15, -0.1) is 11.3 Å². The molecule has 0 amide bonds. The molecule has 1 aromatic heterocycles. The van der Waals surface area contributed by atoms with Gasteiger partial charge in [-0.05, 0) is 69.5 Å². The van der Waals surface area contributed by atoms with E-state index in [1.807, 2.05) is 11.3 Å². The number of piperidine rings is 1. The molecule has 0 spiro atoms. The van der Waals surface area contributed by atoms with Crippen LogP contribution in [0.1, 0.15) is 37.0 Å². The van der Waals surface area contributed by atoms with Crippen LogP contribution in [-0.4, -0.2) is 37.1 Å². The largest absolute Gasteiger partial charge is 0.311 e. The Hall–Kier alpha value is -0.380. The summed E-state index contributed by atoms with van der Waals surface area (Å²) in [5.41, 5.74) is 0. The highest BCUT2D eigenvalue weighted by Gasteiger charge is 2.32. The molecule has 3 rings (SSSR count). The average molecular weight is 278 g/mol. The van der Waals surface area contributed by atoms with Gasteiger partial charge in [0, 0.05) is 23.5 Å². The van der Waals surface area contributed by atoms with Crippen molar-refractivity contribution in [2.45, 2.75) is 50.6 Å². The molecule has 1 N–H and O–H groups in total. The number of thiophene rings is 1. The minimum Gasteiger partial charge on any atom is -0.311 e. The molecule has 2 aliphatic heterocycles. The van der Waals surface area contributed by atoms with E-state index in [1.165, 1.54) is 56.5 Å². The molecular formula is C16H26N2S. The quantitative estimate of drug-likeness (QED) is 0.860. The van der Waals surface area contributed by atoms with Crippen molar-refractivity contribution in [3.05, 3.63) is 22.4 Å². The topological polar surface area (TPSA) is 15.3 Å².